The Morgan fingerprint density at radius 1 is 1.53 bits per heavy atom. The zero-order valence-electron chi connectivity index (χ0n) is 10.0. The molecule has 1 fully saturated rings. The quantitative estimate of drug-likeness (QED) is 0.758. The van der Waals surface area contributed by atoms with Gasteiger partial charge in [-0.3, -0.25) is 4.79 Å². The van der Waals surface area contributed by atoms with Gasteiger partial charge in [0, 0.05) is 19.3 Å². The van der Waals surface area contributed by atoms with Crippen LogP contribution in [-0.2, 0) is 0 Å². The van der Waals surface area contributed by atoms with Gasteiger partial charge in [-0.05, 0) is 30.9 Å². The molecule has 0 aromatic carbocycles. The molecule has 2 rings (SSSR count). The molecule has 1 aromatic rings. The highest BCUT2D eigenvalue weighted by Gasteiger charge is 2.24. The maximum absolute atomic E-state index is 12.2. The Labute approximate surface area is 107 Å². The summed E-state index contributed by atoms with van der Waals surface area (Å²) in [6, 6.07) is 3.49. The number of amides is 1. The molecule has 0 spiro atoms. The van der Waals surface area contributed by atoms with E-state index in [2.05, 4.69) is 11.9 Å². The van der Waals surface area contributed by atoms with Gasteiger partial charge in [-0.1, -0.05) is 24.9 Å². The van der Waals surface area contributed by atoms with E-state index < -0.39 is 0 Å². The van der Waals surface area contributed by atoms with Crippen LogP contribution in [0.2, 0.25) is 5.15 Å². The summed E-state index contributed by atoms with van der Waals surface area (Å²) in [5.41, 5.74) is 0.518. The average Bonchev–Trinajstić information content (AvgIpc) is 2.39. The van der Waals surface area contributed by atoms with Crippen molar-refractivity contribution in [3.05, 3.63) is 29.0 Å². The van der Waals surface area contributed by atoms with Gasteiger partial charge in [0.15, 0.2) is 0 Å². The highest BCUT2D eigenvalue weighted by atomic mass is 35.5. The summed E-state index contributed by atoms with van der Waals surface area (Å²) in [7, 11) is 0. The zero-order chi connectivity index (χ0) is 12.3. The van der Waals surface area contributed by atoms with Crippen LogP contribution in [0.25, 0.3) is 0 Å². The number of hydrogen-bond donors (Lipinski definition) is 0. The van der Waals surface area contributed by atoms with Crippen LogP contribution >= 0.6 is 11.6 Å². The first kappa shape index (κ1) is 12.4. The summed E-state index contributed by atoms with van der Waals surface area (Å²) in [6.07, 6.45) is 5.00. The molecule has 0 bridgehead atoms. The van der Waals surface area contributed by atoms with Crippen LogP contribution in [0.5, 0.6) is 0 Å². The SMILES string of the molecule is CCC1CCN(C(=O)c2cccnc2Cl)CC1. The van der Waals surface area contributed by atoms with Crippen molar-refractivity contribution in [2.24, 2.45) is 5.92 Å². The summed E-state index contributed by atoms with van der Waals surface area (Å²) in [5, 5.41) is 0.301. The number of halogens is 1. The molecular weight excluding hydrogens is 236 g/mol. The van der Waals surface area contributed by atoms with Crippen LogP contribution in [-0.4, -0.2) is 28.9 Å². The minimum absolute atomic E-state index is 0.0117. The fourth-order valence-corrected chi connectivity index (χ4v) is 2.46. The van der Waals surface area contributed by atoms with Crippen LogP contribution in [0.4, 0.5) is 0 Å². The van der Waals surface area contributed by atoms with Crippen LogP contribution in [0.15, 0.2) is 18.3 Å². The van der Waals surface area contributed by atoms with Crippen molar-refractivity contribution >= 4 is 17.5 Å². The summed E-state index contributed by atoms with van der Waals surface area (Å²) in [5.74, 6) is 0.779. The van der Waals surface area contributed by atoms with Crippen molar-refractivity contribution in [2.45, 2.75) is 26.2 Å². The Bertz CT molecular complexity index is 400. The number of rotatable bonds is 2. The van der Waals surface area contributed by atoms with Crippen molar-refractivity contribution in [1.82, 2.24) is 9.88 Å². The lowest BCUT2D eigenvalue weighted by molar-refractivity contribution is 0.0688. The number of aromatic nitrogens is 1. The van der Waals surface area contributed by atoms with E-state index in [1.54, 1.807) is 18.3 Å². The van der Waals surface area contributed by atoms with Crippen molar-refractivity contribution in [2.75, 3.05) is 13.1 Å². The lowest BCUT2D eigenvalue weighted by Gasteiger charge is -2.31. The molecule has 1 aliphatic rings. The second kappa shape index (κ2) is 5.50. The van der Waals surface area contributed by atoms with Crippen LogP contribution in [0.1, 0.15) is 36.5 Å². The summed E-state index contributed by atoms with van der Waals surface area (Å²) in [6.45, 7) is 3.88. The molecule has 1 aliphatic heterocycles. The van der Waals surface area contributed by atoms with Gasteiger partial charge in [-0.15, -0.1) is 0 Å². The lowest BCUT2D eigenvalue weighted by Crippen LogP contribution is -2.38. The Balaban J connectivity index is 2.04. The Morgan fingerprint density at radius 2 is 2.24 bits per heavy atom. The van der Waals surface area contributed by atoms with Gasteiger partial charge in [0.2, 0.25) is 0 Å². The zero-order valence-corrected chi connectivity index (χ0v) is 10.8. The monoisotopic (exact) mass is 252 g/mol. The predicted molar refractivity (Wildman–Crippen MR) is 68.2 cm³/mol. The van der Waals surface area contributed by atoms with E-state index in [0.29, 0.717) is 10.7 Å². The molecule has 1 amide bonds. The number of carbonyl (C=O) groups excluding carboxylic acids is 1. The van der Waals surface area contributed by atoms with Gasteiger partial charge in [0.25, 0.3) is 5.91 Å². The number of hydrogen-bond acceptors (Lipinski definition) is 2. The molecule has 0 N–H and O–H groups in total. The molecular formula is C13H17ClN2O. The van der Waals surface area contributed by atoms with Crippen LogP contribution in [0.3, 0.4) is 0 Å². The van der Waals surface area contributed by atoms with Gasteiger partial charge in [-0.25, -0.2) is 4.98 Å². The standard InChI is InChI=1S/C13H17ClN2O/c1-2-10-5-8-16(9-6-10)13(17)11-4-3-7-15-12(11)14/h3-4,7,10H,2,5-6,8-9H2,1H3. The minimum atomic E-state index is 0.0117. The number of piperidine rings is 1. The smallest absolute Gasteiger partial charge is 0.256 e. The van der Waals surface area contributed by atoms with Crippen molar-refractivity contribution in [3.63, 3.8) is 0 Å². The normalized spacial score (nSPS) is 17.2. The molecule has 1 aromatic heterocycles. The molecule has 17 heavy (non-hydrogen) atoms. The summed E-state index contributed by atoms with van der Waals surface area (Å²) >= 11 is 5.94. The van der Waals surface area contributed by atoms with E-state index in [0.717, 1.165) is 31.8 Å². The number of pyridine rings is 1. The van der Waals surface area contributed by atoms with E-state index in [1.165, 1.54) is 6.42 Å². The Kier molecular flexibility index (Phi) is 4.00. The van der Waals surface area contributed by atoms with Crippen molar-refractivity contribution in [3.8, 4) is 0 Å². The molecule has 0 atom stereocenters. The molecule has 0 unspecified atom stereocenters. The highest BCUT2D eigenvalue weighted by Crippen LogP contribution is 2.22. The van der Waals surface area contributed by atoms with E-state index in [1.807, 2.05) is 4.90 Å². The molecule has 0 aliphatic carbocycles. The van der Waals surface area contributed by atoms with E-state index in [9.17, 15) is 4.79 Å². The van der Waals surface area contributed by atoms with E-state index in [-0.39, 0.29) is 5.91 Å². The van der Waals surface area contributed by atoms with E-state index in [4.69, 9.17) is 11.6 Å². The molecule has 0 radical (unpaired) electrons. The van der Waals surface area contributed by atoms with Gasteiger partial charge in [-0.2, -0.15) is 0 Å². The maximum atomic E-state index is 12.2. The predicted octanol–water partition coefficient (Wildman–Crippen LogP) is 3.00. The second-order valence-electron chi connectivity index (χ2n) is 4.49. The first-order valence-electron chi connectivity index (χ1n) is 6.12. The third-order valence-electron chi connectivity index (χ3n) is 3.47. The van der Waals surface area contributed by atoms with Gasteiger partial charge in [0.05, 0.1) is 5.56 Å². The van der Waals surface area contributed by atoms with Gasteiger partial charge >= 0.3 is 0 Å². The second-order valence-corrected chi connectivity index (χ2v) is 4.84. The number of nitrogens with zero attached hydrogens (tertiary/aromatic N) is 2. The minimum Gasteiger partial charge on any atom is -0.339 e. The van der Waals surface area contributed by atoms with Crippen molar-refractivity contribution in [1.29, 1.82) is 0 Å². The third kappa shape index (κ3) is 2.78. The lowest BCUT2D eigenvalue weighted by atomic mass is 9.94. The van der Waals surface area contributed by atoms with Gasteiger partial charge < -0.3 is 4.90 Å². The van der Waals surface area contributed by atoms with Crippen LogP contribution in [0, 0.1) is 5.92 Å². The molecule has 3 nitrogen and oxygen atoms in total. The molecule has 92 valence electrons. The molecule has 4 heteroatoms. The third-order valence-corrected chi connectivity index (χ3v) is 3.77. The Morgan fingerprint density at radius 3 is 2.82 bits per heavy atom. The summed E-state index contributed by atoms with van der Waals surface area (Å²) < 4.78 is 0. The average molecular weight is 253 g/mol. The topological polar surface area (TPSA) is 33.2 Å². The summed E-state index contributed by atoms with van der Waals surface area (Å²) in [4.78, 5) is 18.0. The van der Waals surface area contributed by atoms with Crippen LogP contribution < -0.4 is 0 Å². The fraction of sp³-hybridized carbons (Fsp3) is 0.538. The van der Waals surface area contributed by atoms with E-state index >= 15 is 0 Å². The van der Waals surface area contributed by atoms with Crippen molar-refractivity contribution < 1.29 is 4.79 Å². The fourth-order valence-electron chi connectivity index (χ4n) is 2.26. The maximum Gasteiger partial charge on any atom is 0.256 e. The highest BCUT2D eigenvalue weighted by molar-refractivity contribution is 6.32. The number of likely N-dealkylation sites (tertiary alicyclic amines) is 1. The molecule has 1 saturated heterocycles. The largest absolute Gasteiger partial charge is 0.339 e. The Hall–Kier alpha value is -1.09. The molecule has 0 saturated carbocycles. The first-order valence-corrected chi connectivity index (χ1v) is 6.50. The van der Waals surface area contributed by atoms with Gasteiger partial charge in [0.1, 0.15) is 5.15 Å². The first-order chi connectivity index (χ1) is 8.22. The number of carbonyl (C=O) groups is 1. The molecule has 2 heterocycles.